The second-order valence-electron chi connectivity index (χ2n) is 3.99. The average molecular weight is 342 g/mol. The van der Waals surface area contributed by atoms with Gasteiger partial charge in [0.1, 0.15) is 11.5 Å². The molecule has 2 heterocycles. The van der Waals surface area contributed by atoms with E-state index in [2.05, 4.69) is 43.1 Å². The van der Waals surface area contributed by atoms with Gasteiger partial charge in [0.05, 0.1) is 15.2 Å². The van der Waals surface area contributed by atoms with Gasteiger partial charge in [0.2, 0.25) is 0 Å². The van der Waals surface area contributed by atoms with Gasteiger partial charge in [-0.05, 0) is 34.5 Å². The normalized spacial score (nSPS) is 10.5. The molecule has 0 amide bonds. The Kier molecular flexibility index (Phi) is 4.71. The average Bonchev–Trinajstić information content (AvgIpc) is 2.42. The van der Waals surface area contributed by atoms with Crippen LogP contribution in [0, 0.1) is 0 Å². The first kappa shape index (κ1) is 14.2. The third-order valence-electron chi connectivity index (χ3n) is 2.61. The Hall–Kier alpha value is -1.20. The lowest BCUT2D eigenvalue weighted by molar-refractivity contribution is 0.867. The molecule has 0 fully saturated rings. The highest BCUT2D eigenvalue weighted by molar-refractivity contribution is 9.10. The van der Waals surface area contributed by atoms with Gasteiger partial charge in [-0.3, -0.25) is 4.98 Å². The number of pyridine rings is 1. The largest absolute Gasteiger partial charge is 0.372 e. The molecule has 0 unspecified atom stereocenters. The molecule has 19 heavy (non-hydrogen) atoms. The predicted octanol–water partition coefficient (Wildman–Crippen LogP) is 3.95. The number of aromatic nitrogens is 3. The van der Waals surface area contributed by atoms with Crippen LogP contribution in [0.2, 0.25) is 5.02 Å². The van der Waals surface area contributed by atoms with Crippen molar-refractivity contribution in [2.24, 2.45) is 0 Å². The molecule has 4 nitrogen and oxygen atoms in total. The summed E-state index contributed by atoms with van der Waals surface area (Å²) in [5, 5.41) is 3.61. The summed E-state index contributed by atoms with van der Waals surface area (Å²) in [7, 11) is 1.83. The number of nitrogens with one attached hydrogen (secondary N) is 1. The van der Waals surface area contributed by atoms with Crippen LogP contribution in [0.15, 0.2) is 22.8 Å². The number of aryl methyl sites for hydroxylation is 1. The summed E-state index contributed by atoms with van der Waals surface area (Å²) in [5.74, 6) is 1.29. The Morgan fingerprint density at radius 2 is 2.16 bits per heavy atom. The summed E-state index contributed by atoms with van der Waals surface area (Å²) >= 11 is 9.68. The third kappa shape index (κ3) is 3.04. The van der Waals surface area contributed by atoms with E-state index in [9.17, 15) is 0 Å². The van der Waals surface area contributed by atoms with Crippen molar-refractivity contribution in [2.45, 2.75) is 19.8 Å². The van der Waals surface area contributed by atoms with E-state index in [0.717, 1.165) is 28.8 Å². The van der Waals surface area contributed by atoms with Gasteiger partial charge in [0.15, 0.2) is 5.82 Å². The van der Waals surface area contributed by atoms with Crippen molar-refractivity contribution < 1.29 is 0 Å². The Bertz CT molecular complexity index is 589. The van der Waals surface area contributed by atoms with E-state index in [1.54, 1.807) is 18.3 Å². The zero-order valence-electron chi connectivity index (χ0n) is 10.7. The summed E-state index contributed by atoms with van der Waals surface area (Å²) < 4.78 is 0.896. The molecule has 2 rings (SSSR count). The Labute approximate surface area is 125 Å². The lowest BCUT2D eigenvalue weighted by Crippen LogP contribution is -2.04. The quantitative estimate of drug-likeness (QED) is 0.915. The molecule has 2 aromatic rings. The maximum Gasteiger partial charge on any atom is 0.182 e. The van der Waals surface area contributed by atoms with E-state index in [-0.39, 0.29) is 0 Å². The van der Waals surface area contributed by atoms with E-state index in [1.807, 2.05) is 7.05 Å². The van der Waals surface area contributed by atoms with Gasteiger partial charge >= 0.3 is 0 Å². The number of hydrogen-bond acceptors (Lipinski definition) is 4. The van der Waals surface area contributed by atoms with Gasteiger partial charge in [0.25, 0.3) is 0 Å². The van der Waals surface area contributed by atoms with Gasteiger partial charge in [-0.25, -0.2) is 9.97 Å². The summed E-state index contributed by atoms with van der Waals surface area (Å²) in [6, 6.07) is 3.57. The number of halogens is 2. The van der Waals surface area contributed by atoms with Crippen molar-refractivity contribution >= 4 is 33.3 Å². The first-order valence-corrected chi connectivity index (χ1v) is 7.19. The highest BCUT2D eigenvalue weighted by Crippen LogP contribution is 2.29. The molecule has 0 aliphatic rings. The van der Waals surface area contributed by atoms with Crippen molar-refractivity contribution in [3.05, 3.63) is 33.5 Å². The van der Waals surface area contributed by atoms with Crippen molar-refractivity contribution in [2.75, 3.05) is 12.4 Å². The van der Waals surface area contributed by atoms with Gasteiger partial charge in [-0.15, -0.1) is 0 Å². The van der Waals surface area contributed by atoms with E-state index < -0.39 is 0 Å². The number of anilines is 1. The predicted molar refractivity (Wildman–Crippen MR) is 81.5 cm³/mol. The molecule has 0 saturated heterocycles. The van der Waals surface area contributed by atoms with Crippen LogP contribution in [0.3, 0.4) is 0 Å². The van der Waals surface area contributed by atoms with Crippen LogP contribution in [-0.2, 0) is 6.42 Å². The Morgan fingerprint density at radius 1 is 1.37 bits per heavy atom. The molecular weight excluding hydrogens is 328 g/mol. The van der Waals surface area contributed by atoms with Crippen LogP contribution >= 0.6 is 27.5 Å². The van der Waals surface area contributed by atoms with Crippen LogP contribution in [0.1, 0.15) is 19.0 Å². The summed E-state index contributed by atoms with van der Waals surface area (Å²) in [5.41, 5.74) is 1.56. The van der Waals surface area contributed by atoms with Crippen molar-refractivity contribution in [1.82, 2.24) is 15.0 Å². The molecule has 6 heteroatoms. The fourth-order valence-electron chi connectivity index (χ4n) is 1.72. The molecule has 100 valence electrons. The lowest BCUT2D eigenvalue weighted by Gasteiger charge is -2.10. The highest BCUT2D eigenvalue weighted by Gasteiger charge is 2.14. The molecule has 0 bridgehead atoms. The zero-order chi connectivity index (χ0) is 13.8. The van der Waals surface area contributed by atoms with Crippen LogP contribution in [-0.4, -0.2) is 22.0 Å². The first-order chi connectivity index (χ1) is 9.17. The SMILES string of the molecule is CCCc1nc(-c2ncccc2Cl)nc(NC)c1Br. The minimum Gasteiger partial charge on any atom is -0.372 e. The topological polar surface area (TPSA) is 50.7 Å². The molecule has 0 spiro atoms. The monoisotopic (exact) mass is 340 g/mol. The molecule has 0 aromatic carbocycles. The molecule has 0 aliphatic carbocycles. The molecule has 0 saturated carbocycles. The highest BCUT2D eigenvalue weighted by atomic mass is 79.9. The molecule has 0 aliphatic heterocycles. The second kappa shape index (κ2) is 6.30. The van der Waals surface area contributed by atoms with Crippen LogP contribution in [0.5, 0.6) is 0 Å². The van der Waals surface area contributed by atoms with E-state index in [4.69, 9.17) is 11.6 Å². The number of nitrogens with zero attached hydrogens (tertiary/aromatic N) is 3. The summed E-state index contributed by atoms with van der Waals surface area (Å²) in [6.45, 7) is 2.11. The Morgan fingerprint density at radius 3 is 2.79 bits per heavy atom. The number of rotatable bonds is 4. The van der Waals surface area contributed by atoms with Crippen LogP contribution in [0.25, 0.3) is 11.5 Å². The third-order valence-corrected chi connectivity index (χ3v) is 3.75. The van der Waals surface area contributed by atoms with Gasteiger partial charge in [0, 0.05) is 13.2 Å². The van der Waals surface area contributed by atoms with E-state index in [1.165, 1.54) is 0 Å². The van der Waals surface area contributed by atoms with E-state index >= 15 is 0 Å². The molecule has 1 N–H and O–H groups in total. The van der Waals surface area contributed by atoms with Crippen molar-refractivity contribution in [3.8, 4) is 11.5 Å². The molecule has 0 radical (unpaired) electrons. The Balaban J connectivity index is 2.58. The second-order valence-corrected chi connectivity index (χ2v) is 5.19. The van der Waals surface area contributed by atoms with Gasteiger partial charge in [-0.2, -0.15) is 0 Å². The van der Waals surface area contributed by atoms with Gasteiger partial charge < -0.3 is 5.32 Å². The fourth-order valence-corrected chi connectivity index (χ4v) is 2.50. The molecule has 2 aromatic heterocycles. The fraction of sp³-hybridized carbons (Fsp3) is 0.308. The maximum atomic E-state index is 6.15. The van der Waals surface area contributed by atoms with Crippen molar-refractivity contribution in [3.63, 3.8) is 0 Å². The van der Waals surface area contributed by atoms with Gasteiger partial charge in [-0.1, -0.05) is 24.9 Å². The van der Waals surface area contributed by atoms with Crippen molar-refractivity contribution in [1.29, 1.82) is 0 Å². The van der Waals surface area contributed by atoms with E-state index in [0.29, 0.717) is 16.5 Å². The molecule has 0 atom stereocenters. The summed E-state index contributed by atoms with van der Waals surface area (Å²) in [4.78, 5) is 13.3. The van der Waals surface area contributed by atoms with Crippen LogP contribution < -0.4 is 5.32 Å². The first-order valence-electron chi connectivity index (χ1n) is 6.02. The standard InChI is InChI=1S/C13H14BrClN4/c1-3-5-9-10(14)12(16-2)19-13(18-9)11-8(15)6-4-7-17-11/h4,6-7H,3,5H2,1-2H3,(H,16,18,19). The summed E-state index contributed by atoms with van der Waals surface area (Å²) in [6.07, 6.45) is 3.56. The minimum absolute atomic E-state index is 0.543. The smallest absolute Gasteiger partial charge is 0.182 e. The maximum absolute atomic E-state index is 6.15. The zero-order valence-corrected chi connectivity index (χ0v) is 13.1. The van der Waals surface area contributed by atoms with Crippen LogP contribution in [0.4, 0.5) is 5.82 Å². The lowest BCUT2D eigenvalue weighted by atomic mass is 10.2. The molecular formula is C13H14BrClN4. The minimum atomic E-state index is 0.543. The number of hydrogen-bond donors (Lipinski definition) is 1.